The maximum Gasteiger partial charge on any atom is 0.338 e. The van der Waals surface area contributed by atoms with Gasteiger partial charge in [0.25, 0.3) is 0 Å². The highest BCUT2D eigenvalue weighted by Crippen LogP contribution is 2.42. The van der Waals surface area contributed by atoms with E-state index >= 15 is 0 Å². The maximum atomic E-state index is 13.4. The van der Waals surface area contributed by atoms with Crippen LogP contribution < -0.4 is 26.5 Å². The predicted molar refractivity (Wildman–Crippen MR) is 335 cm³/mol. The maximum absolute atomic E-state index is 13.4. The molecule has 0 spiro atoms. The Morgan fingerprint density at radius 3 is 1.37 bits per heavy atom. The van der Waals surface area contributed by atoms with Gasteiger partial charge in [0, 0.05) is 55.4 Å². The fourth-order valence-corrected chi connectivity index (χ4v) is 10.4. The third-order valence-corrected chi connectivity index (χ3v) is 14.9. The van der Waals surface area contributed by atoms with Crippen molar-refractivity contribution in [1.29, 1.82) is 0 Å². The number of carbonyl (C=O) groups excluding carboxylic acids is 2. The van der Waals surface area contributed by atoms with E-state index in [1.807, 2.05) is 103 Å². The van der Waals surface area contributed by atoms with Gasteiger partial charge in [0.1, 0.15) is 24.7 Å². The van der Waals surface area contributed by atoms with E-state index in [9.17, 15) is 24.0 Å². The van der Waals surface area contributed by atoms with Gasteiger partial charge in [0.05, 0.1) is 93.3 Å². The molecule has 0 atom stereocenters. The van der Waals surface area contributed by atoms with Crippen molar-refractivity contribution in [3.05, 3.63) is 186 Å². The van der Waals surface area contributed by atoms with Gasteiger partial charge in [-0.2, -0.15) is 0 Å². The van der Waals surface area contributed by atoms with Crippen molar-refractivity contribution in [2.45, 2.75) is 47.1 Å². The van der Waals surface area contributed by atoms with Crippen molar-refractivity contribution in [3.63, 3.8) is 0 Å². The van der Waals surface area contributed by atoms with Crippen LogP contribution >= 0.6 is 0 Å². The minimum atomic E-state index is -0.920. The minimum Gasteiger partial charge on any atom is -0.491 e. The SMILES string of the molecule is CC(C)CCOC(=O)c1ccc(-c2c3nc(c4c5ccc([nH]5)c(-c5ccc(C(=O)OCCC(C)C)cc5)c5nc(c(c6ccc2[nH]6)-c2ccccc2OCCOCCOCCOCCOc2ccc(Cn6c(=O)[nH]c(=O)[nH]c6=O)cc2-4)C=C5)C=C3)cc1. The summed E-state index contributed by atoms with van der Waals surface area (Å²) in [5.74, 6) is 0.910. The molecule has 19 nitrogen and oxygen atoms in total. The summed E-state index contributed by atoms with van der Waals surface area (Å²) in [6.07, 6.45) is 9.26. The molecule has 87 heavy (non-hydrogen) atoms. The summed E-state index contributed by atoms with van der Waals surface area (Å²) < 4.78 is 43.2. The first-order chi connectivity index (χ1) is 42.3. The van der Waals surface area contributed by atoms with Crippen LogP contribution in [0.2, 0.25) is 0 Å². The number of esters is 2. The quantitative estimate of drug-likeness (QED) is 0.0832. The van der Waals surface area contributed by atoms with Crippen LogP contribution in [0.5, 0.6) is 11.5 Å². The summed E-state index contributed by atoms with van der Waals surface area (Å²) in [6.45, 7) is 10.9. The molecule has 446 valence electrons. The molecule has 19 heteroatoms. The number of nitrogens with zero attached hydrogens (tertiary/aromatic N) is 3. The standard InChI is InChI=1S/C68H67N7O12/c1-41(2)27-29-86-64(76)46-14-10-44(11-15-46)60-50-18-22-54(69-50)62-48-7-5-6-8-58(48)84-37-35-82-33-31-81-32-34-83-36-38-85-59-26-9-43(40-75-67(79)73-66(78)74-68(75)80)39-49(59)63(56-24-20-52(60)71-56)57-25-21-53(72-57)61(51-19-23-55(62)70-51)45-12-16-47(17-13-45)65(77)87-30-28-42(3)4/h5-26,39,41-42,69,72H,27-38,40H2,1-4H3,(H2,73,74,78,79,80). The van der Waals surface area contributed by atoms with Crippen molar-refractivity contribution in [2.75, 3.05) is 66.1 Å². The number of benzene rings is 4. The molecule has 10 bridgehead atoms. The van der Waals surface area contributed by atoms with E-state index in [0.29, 0.717) is 153 Å². The van der Waals surface area contributed by atoms with E-state index in [1.165, 1.54) is 0 Å². The summed E-state index contributed by atoms with van der Waals surface area (Å²) in [5.41, 5.74) is 9.08. The number of nitrogens with one attached hydrogen (secondary N) is 4. The zero-order valence-corrected chi connectivity index (χ0v) is 48.9. The minimum absolute atomic E-state index is 0.123. The molecule has 0 aliphatic carbocycles. The average molecular weight is 1170 g/mol. The molecule has 3 aliphatic heterocycles. The molecule has 0 saturated heterocycles. The van der Waals surface area contributed by atoms with E-state index in [2.05, 4.69) is 47.6 Å². The highest BCUT2D eigenvalue weighted by molar-refractivity contribution is 6.01. The number of ether oxygens (including phenoxy) is 7. The molecule has 4 aromatic carbocycles. The Bertz CT molecular complexity index is 4160. The van der Waals surface area contributed by atoms with Gasteiger partial charge in [0.2, 0.25) is 0 Å². The van der Waals surface area contributed by atoms with Gasteiger partial charge in [-0.25, -0.2) is 38.5 Å². The van der Waals surface area contributed by atoms with Crippen molar-refractivity contribution in [3.8, 4) is 56.0 Å². The monoisotopic (exact) mass is 1170 g/mol. The summed E-state index contributed by atoms with van der Waals surface area (Å²) in [4.78, 5) is 88.1. The largest absolute Gasteiger partial charge is 0.491 e. The smallest absolute Gasteiger partial charge is 0.338 e. The normalized spacial score (nSPS) is 13.8. The molecule has 0 amide bonds. The van der Waals surface area contributed by atoms with Crippen molar-refractivity contribution >= 4 is 58.3 Å². The van der Waals surface area contributed by atoms with Crippen LogP contribution in [-0.4, -0.2) is 112 Å². The van der Waals surface area contributed by atoms with Crippen LogP contribution in [0.4, 0.5) is 0 Å². The Morgan fingerprint density at radius 1 is 0.483 bits per heavy atom. The molecule has 11 rings (SSSR count). The Labute approximate surface area is 500 Å². The zero-order valence-electron chi connectivity index (χ0n) is 48.9. The van der Waals surface area contributed by atoms with Crippen LogP contribution in [0.1, 0.15) is 89.6 Å². The molecule has 0 saturated carbocycles. The number of hydrogen-bond donors (Lipinski definition) is 4. The third-order valence-electron chi connectivity index (χ3n) is 14.9. The van der Waals surface area contributed by atoms with E-state index in [4.69, 9.17) is 43.1 Å². The van der Waals surface area contributed by atoms with Crippen molar-refractivity contribution in [2.24, 2.45) is 11.8 Å². The number of rotatable bonds is 12. The number of aromatic amines is 4. The molecule has 4 aromatic heterocycles. The lowest BCUT2D eigenvalue weighted by molar-refractivity contribution is 0.00504. The summed E-state index contributed by atoms with van der Waals surface area (Å²) >= 11 is 0. The second kappa shape index (κ2) is 27.1. The van der Waals surface area contributed by atoms with Gasteiger partial charge >= 0.3 is 29.0 Å². The van der Waals surface area contributed by atoms with Crippen LogP contribution in [0, 0.1) is 11.8 Å². The van der Waals surface area contributed by atoms with Crippen molar-refractivity contribution < 1.29 is 42.7 Å². The van der Waals surface area contributed by atoms with Crippen LogP contribution in [0.15, 0.2) is 130 Å². The first-order valence-corrected chi connectivity index (χ1v) is 29.2. The predicted octanol–water partition coefficient (Wildman–Crippen LogP) is 11.1. The van der Waals surface area contributed by atoms with Gasteiger partial charge in [0.15, 0.2) is 0 Å². The summed E-state index contributed by atoms with van der Waals surface area (Å²) in [7, 11) is 0. The van der Waals surface area contributed by atoms with Gasteiger partial charge in [-0.05, 0) is 132 Å². The molecule has 0 unspecified atom stereocenters. The lowest BCUT2D eigenvalue weighted by atomic mass is 10.00. The first-order valence-electron chi connectivity index (χ1n) is 29.2. The fraction of sp³-hybridized carbons (Fsp3) is 0.279. The molecule has 0 fully saturated rings. The molecular weight excluding hydrogens is 1110 g/mol. The Kier molecular flexibility index (Phi) is 18.4. The lowest BCUT2D eigenvalue weighted by Crippen LogP contribution is -2.43. The van der Waals surface area contributed by atoms with Crippen LogP contribution in [0.25, 0.3) is 90.9 Å². The number of carbonyl (C=O) groups is 2. The number of hydrogen-bond acceptors (Lipinski definition) is 14. The third kappa shape index (κ3) is 13.9. The van der Waals surface area contributed by atoms with Crippen LogP contribution in [-0.2, 0) is 30.2 Å². The Hall–Kier alpha value is -9.69. The second-order valence-corrected chi connectivity index (χ2v) is 21.9. The zero-order chi connectivity index (χ0) is 60.4. The van der Waals surface area contributed by atoms with E-state index in [1.54, 1.807) is 36.4 Å². The molecule has 8 aromatic rings. The van der Waals surface area contributed by atoms with Gasteiger partial charge < -0.3 is 43.1 Å². The molecule has 0 radical (unpaired) electrons. The first kappa shape index (κ1) is 59.1. The number of H-pyrrole nitrogens is 4. The van der Waals surface area contributed by atoms with Gasteiger partial charge in [-0.1, -0.05) is 76.2 Å². The van der Waals surface area contributed by atoms with E-state index < -0.39 is 29.0 Å². The number of fused-ring (bicyclic) bond motifs is 10. The summed E-state index contributed by atoms with van der Waals surface area (Å²) in [6, 6.07) is 35.6. The number of aromatic nitrogens is 7. The molecular formula is C68H67N7O12. The highest BCUT2D eigenvalue weighted by atomic mass is 16.6. The van der Waals surface area contributed by atoms with E-state index in [-0.39, 0.29) is 26.4 Å². The Morgan fingerprint density at radius 2 is 0.897 bits per heavy atom. The van der Waals surface area contributed by atoms with Crippen molar-refractivity contribution in [1.82, 2.24) is 34.5 Å². The van der Waals surface area contributed by atoms with E-state index in [0.717, 1.165) is 39.7 Å². The molecule has 7 heterocycles. The lowest BCUT2D eigenvalue weighted by Gasteiger charge is -2.15. The van der Waals surface area contributed by atoms with Gasteiger partial charge in [-0.15, -0.1) is 0 Å². The molecule has 3 aliphatic rings. The average Bonchev–Trinajstić information content (AvgIpc) is 1.93. The fourth-order valence-electron chi connectivity index (χ4n) is 10.4. The van der Waals surface area contributed by atoms with Gasteiger partial charge in [-0.3, -0.25) is 9.97 Å². The number of para-hydroxylation sites is 1. The Balaban J connectivity index is 1.21. The summed E-state index contributed by atoms with van der Waals surface area (Å²) in [5, 5.41) is 0. The highest BCUT2D eigenvalue weighted by Gasteiger charge is 2.23. The molecule has 4 N–H and O–H groups in total. The second-order valence-electron chi connectivity index (χ2n) is 21.9. The topological polar surface area (TPSA) is 244 Å². The van der Waals surface area contributed by atoms with Crippen LogP contribution in [0.3, 0.4) is 0 Å².